The molecule has 0 spiro atoms. The van der Waals surface area contributed by atoms with Crippen molar-refractivity contribution in [2.75, 3.05) is 7.05 Å². The van der Waals surface area contributed by atoms with E-state index in [2.05, 4.69) is 10.6 Å². The van der Waals surface area contributed by atoms with Gasteiger partial charge in [-0.2, -0.15) is 0 Å². The van der Waals surface area contributed by atoms with Crippen LogP contribution in [0.15, 0.2) is 36.4 Å². The van der Waals surface area contributed by atoms with Gasteiger partial charge in [0.1, 0.15) is 0 Å². The van der Waals surface area contributed by atoms with Gasteiger partial charge in [0.15, 0.2) is 0 Å². The van der Waals surface area contributed by atoms with Gasteiger partial charge in [0, 0.05) is 36.6 Å². The summed E-state index contributed by atoms with van der Waals surface area (Å²) in [6.45, 7) is 1.22. The van der Waals surface area contributed by atoms with Crippen molar-refractivity contribution in [3.05, 3.63) is 62.5 Å². The smallest absolute Gasteiger partial charge is 0.324 e. The predicted molar refractivity (Wildman–Crippen MR) is 81.3 cm³/mol. The molecule has 0 unspecified atom stereocenters. The Morgan fingerprint density at radius 3 is 2.48 bits per heavy atom. The maximum Gasteiger partial charge on any atom is 0.324 e. The number of hydrogen-bond acceptors (Lipinski definition) is 5. The Labute approximate surface area is 126 Å². The maximum absolute atomic E-state index is 11.4. The van der Waals surface area contributed by atoms with Crippen LogP contribution in [0.5, 0.6) is 0 Å². The van der Waals surface area contributed by atoms with Gasteiger partial charge in [-0.25, -0.2) is 0 Å². The van der Waals surface area contributed by atoms with Gasteiger partial charge < -0.3 is 10.6 Å². The molecular weight excluding hydrogens is 290 g/mol. The second-order valence-electron chi connectivity index (χ2n) is 4.38. The number of nitro groups is 1. The molecule has 0 atom stereocenters. The predicted octanol–water partition coefficient (Wildman–Crippen LogP) is 2.31. The van der Waals surface area contributed by atoms with Crippen LogP contribution >= 0.6 is 11.3 Å². The van der Waals surface area contributed by atoms with Crippen LogP contribution in [-0.4, -0.2) is 17.9 Å². The van der Waals surface area contributed by atoms with Crippen molar-refractivity contribution in [2.24, 2.45) is 0 Å². The summed E-state index contributed by atoms with van der Waals surface area (Å²) in [5.74, 6) is -0.111. The average Bonchev–Trinajstić information content (AvgIpc) is 2.96. The Hall–Kier alpha value is -2.25. The highest BCUT2D eigenvalue weighted by Gasteiger charge is 2.09. The van der Waals surface area contributed by atoms with Crippen LogP contribution < -0.4 is 10.6 Å². The van der Waals surface area contributed by atoms with Crippen LogP contribution in [0.1, 0.15) is 20.8 Å². The van der Waals surface area contributed by atoms with Crippen LogP contribution in [0.4, 0.5) is 5.00 Å². The summed E-state index contributed by atoms with van der Waals surface area (Å²) in [7, 11) is 1.60. The maximum atomic E-state index is 11.4. The highest BCUT2D eigenvalue weighted by Crippen LogP contribution is 2.23. The van der Waals surface area contributed by atoms with E-state index in [-0.39, 0.29) is 15.8 Å². The van der Waals surface area contributed by atoms with Gasteiger partial charge >= 0.3 is 5.00 Å². The van der Waals surface area contributed by atoms with Crippen LogP contribution in [0.25, 0.3) is 0 Å². The molecule has 7 heteroatoms. The van der Waals surface area contributed by atoms with Crippen molar-refractivity contribution >= 4 is 22.2 Å². The molecule has 0 radical (unpaired) electrons. The first-order valence-electron chi connectivity index (χ1n) is 6.35. The van der Waals surface area contributed by atoms with E-state index in [9.17, 15) is 14.9 Å². The molecule has 0 bridgehead atoms. The first-order chi connectivity index (χ1) is 10.1. The number of rotatable bonds is 6. The third kappa shape index (κ3) is 4.11. The van der Waals surface area contributed by atoms with E-state index in [4.69, 9.17) is 0 Å². The molecule has 1 aromatic carbocycles. The number of thiophene rings is 1. The van der Waals surface area contributed by atoms with E-state index in [0.717, 1.165) is 10.4 Å². The quantitative estimate of drug-likeness (QED) is 0.633. The van der Waals surface area contributed by atoms with Gasteiger partial charge in [-0.05, 0) is 23.8 Å². The van der Waals surface area contributed by atoms with Crippen molar-refractivity contribution < 1.29 is 9.72 Å². The topological polar surface area (TPSA) is 84.3 Å². The lowest BCUT2D eigenvalue weighted by molar-refractivity contribution is -0.380. The molecule has 6 nitrogen and oxygen atoms in total. The zero-order valence-electron chi connectivity index (χ0n) is 11.5. The van der Waals surface area contributed by atoms with Crippen LogP contribution in [0.3, 0.4) is 0 Å². The highest BCUT2D eigenvalue weighted by atomic mass is 32.1. The van der Waals surface area contributed by atoms with Gasteiger partial charge in [-0.3, -0.25) is 14.9 Å². The fraction of sp³-hybridized carbons (Fsp3) is 0.214. The lowest BCUT2D eigenvalue weighted by Crippen LogP contribution is -2.18. The monoisotopic (exact) mass is 305 g/mol. The van der Waals surface area contributed by atoms with Crippen molar-refractivity contribution in [1.29, 1.82) is 0 Å². The lowest BCUT2D eigenvalue weighted by atomic mass is 10.1. The van der Waals surface area contributed by atoms with E-state index in [0.29, 0.717) is 18.7 Å². The Kier molecular flexibility index (Phi) is 5.02. The van der Waals surface area contributed by atoms with Gasteiger partial charge in [0.25, 0.3) is 5.91 Å². The second-order valence-corrected chi connectivity index (χ2v) is 5.52. The minimum absolute atomic E-state index is 0.111. The summed E-state index contributed by atoms with van der Waals surface area (Å²) in [5, 5.41) is 16.5. The summed E-state index contributed by atoms with van der Waals surface area (Å²) < 4.78 is 0. The summed E-state index contributed by atoms with van der Waals surface area (Å²) in [4.78, 5) is 22.5. The van der Waals surface area contributed by atoms with E-state index in [1.807, 2.05) is 12.1 Å². The molecule has 1 aromatic heterocycles. The lowest BCUT2D eigenvalue weighted by Gasteiger charge is -2.05. The second kappa shape index (κ2) is 6.96. The summed E-state index contributed by atoms with van der Waals surface area (Å²) in [6.07, 6.45) is 0. The minimum atomic E-state index is -0.383. The SMILES string of the molecule is CNC(=O)c1ccc(CNCc2ccc([N+](=O)[O-])s2)cc1. The van der Waals surface area contributed by atoms with Crippen molar-refractivity contribution in [2.45, 2.75) is 13.1 Å². The molecule has 0 fully saturated rings. The highest BCUT2D eigenvalue weighted by molar-refractivity contribution is 7.15. The number of amides is 1. The van der Waals surface area contributed by atoms with E-state index in [1.54, 1.807) is 25.2 Å². The first kappa shape index (κ1) is 15.1. The summed E-state index contributed by atoms with van der Waals surface area (Å²) in [6, 6.07) is 10.6. The van der Waals surface area contributed by atoms with Crippen molar-refractivity contribution in [3.63, 3.8) is 0 Å². The van der Waals surface area contributed by atoms with Crippen LogP contribution in [-0.2, 0) is 13.1 Å². The fourth-order valence-corrected chi connectivity index (χ4v) is 2.60. The molecule has 110 valence electrons. The zero-order chi connectivity index (χ0) is 15.2. The third-order valence-corrected chi connectivity index (χ3v) is 3.94. The Balaban J connectivity index is 1.85. The van der Waals surface area contributed by atoms with E-state index < -0.39 is 0 Å². The summed E-state index contributed by atoms with van der Waals surface area (Å²) >= 11 is 1.17. The van der Waals surface area contributed by atoms with Crippen molar-refractivity contribution in [1.82, 2.24) is 10.6 Å². The van der Waals surface area contributed by atoms with Crippen LogP contribution in [0.2, 0.25) is 0 Å². The average molecular weight is 305 g/mol. The standard InChI is InChI=1S/C14H15N3O3S/c1-15-14(18)11-4-2-10(3-5-11)8-16-9-12-6-7-13(21-12)17(19)20/h2-7,16H,8-9H2,1H3,(H,15,18). The molecule has 0 saturated carbocycles. The van der Waals surface area contributed by atoms with Gasteiger partial charge in [0.2, 0.25) is 0 Å². The third-order valence-electron chi connectivity index (χ3n) is 2.90. The first-order valence-corrected chi connectivity index (χ1v) is 7.16. The molecule has 2 rings (SSSR count). The van der Waals surface area contributed by atoms with Gasteiger partial charge in [-0.1, -0.05) is 23.5 Å². The Morgan fingerprint density at radius 1 is 1.19 bits per heavy atom. The Morgan fingerprint density at radius 2 is 1.90 bits per heavy atom. The molecule has 21 heavy (non-hydrogen) atoms. The molecule has 1 heterocycles. The number of carbonyl (C=O) groups excluding carboxylic acids is 1. The summed E-state index contributed by atoms with van der Waals surface area (Å²) in [5.41, 5.74) is 1.67. The van der Waals surface area contributed by atoms with Crippen LogP contribution in [0, 0.1) is 10.1 Å². The number of nitrogens with one attached hydrogen (secondary N) is 2. The molecule has 1 amide bonds. The normalized spacial score (nSPS) is 10.3. The van der Waals surface area contributed by atoms with Gasteiger partial charge in [0.05, 0.1) is 4.92 Å². The minimum Gasteiger partial charge on any atom is -0.355 e. The van der Waals surface area contributed by atoms with Gasteiger partial charge in [-0.15, -0.1) is 0 Å². The number of carbonyl (C=O) groups is 1. The molecule has 2 aromatic rings. The molecule has 0 aliphatic carbocycles. The largest absolute Gasteiger partial charge is 0.355 e. The molecule has 2 N–H and O–H groups in total. The number of hydrogen-bond donors (Lipinski definition) is 2. The zero-order valence-corrected chi connectivity index (χ0v) is 12.3. The molecule has 0 aliphatic rings. The van der Waals surface area contributed by atoms with E-state index >= 15 is 0 Å². The Bertz CT molecular complexity index is 637. The molecule has 0 saturated heterocycles. The molecule has 0 aliphatic heterocycles. The fourth-order valence-electron chi connectivity index (χ4n) is 1.81. The number of nitrogens with zero attached hydrogens (tertiary/aromatic N) is 1. The number of benzene rings is 1. The molecular formula is C14H15N3O3S. The van der Waals surface area contributed by atoms with Crippen molar-refractivity contribution in [3.8, 4) is 0 Å². The van der Waals surface area contributed by atoms with E-state index in [1.165, 1.54) is 17.4 Å².